The molecule has 1 aliphatic rings. The Morgan fingerprint density at radius 2 is 1.88 bits per heavy atom. The van der Waals surface area contributed by atoms with E-state index >= 15 is 0 Å². The molecule has 4 nitrogen and oxygen atoms in total. The van der Waals surface area contributed by atoms with Crippen LogP contribution >= 0.6 is 15.9 Å². The van der Waals surface area contributed by atoms with E-state index in [0.29, 0.717) is 12.1 Å². The zero-order chi connectivity index (χ0) is 17.3. The summed E-state index contributed by atoms with van der Waals surface area (Å²) in [5.41, 5.74) is 1.09. The highest BCUT2D eigenvalue weighted by molar-refractivity contribution is 9.10. The molecule has 0 fully saturated rings. The maximum atomic E-state index is 13.2. The number of carbonyl (C=O) groups is 2. The Hall–Kier alpha value is -2.14. The fourth-order valence-electron chi connectivity index (χ4n) is 3.11. The van der Waals surface area contributed by atoms with Gasteiger partial charge in [-0.1, -0.05) is 52.3 Å². The average Bonchev–Trinajstić information content (AvgIpc) is 2.80. The summed E-state index contributed by atoms with van der Waals surface area (Å²) in [6.45, 7) is 4.03. The minimum atomic E-state index is -1.33. The maximum Gasteiger partial charge on any atom is 0.326 e. The Morgan fingerprint density at radius 1 is 1.17 bits per heavy atom. The second-order valence-corrected chi connectivity index (χ2v) is 6.71. The quantitative estimate of drug-likeness (QED) is 0.591. The molecule has 0 aromatic heterocycles. The van der Waals surface area contributed by atoms with Gasteiger partial charge in [0.2, 0.25) is 5.91 Å². The minimum Gasteiger partial charge on any atom is -0.465 e. The van der Waals surface area contributed by atoms with E-state index in [1.54, 1.807) is 18.7 Å². The first kappa shape index (κ1) is 16.7. The fourth-order valence-corrected chi connectivity index (χ4v) is 3.86. The molecule has 3 rings (SSSR count). The Morgan fingerprint density at radius 3 is 2.54 bits per heavy atom. The highest BCUT2D eigenvalue weighted by Gasteiger charge is 2.55. The third-order valence-electron chi connectivity index (χ3n) is 4.32. The number of carbonyl (C=O) groups excluding carboxylic acids is 2. The number of rotatable bonds is 4. The second-order valence-electron chi connectivity index (χ2n) is 5.86. The molecule has 0 radical (unpaired) electrons. The molecule has 1 atom stereocenters. The molecular weight excluding hydrogens is 370 g/mol. The summed E-state index contributed by atoms with van der Waals surface area (Å²) in [6, 6.07) is 15.3. The number of anilines is 1. The van der Waals surface area contributed by atoms with Crippen LogP contribution in [0.5, 0.6) is 0 Å². The number of halogens is 1. The van der Waals surface area contributed by atoms with Gasteiger partial charge in [0, 0.05) is 10.0 Å². The molecule has 0 N–H and O–H groups in total. The molecule has 1 unspecified atom stereocenters. The van der Waals surface area contributed by atoms with Gasteiger partial charge in [0.1, 0.15) is 0 Å². The van der Waals surface area contributed by atoms with Gasteiger partial charge in [-0.25, -0.2) is 0 Å². The highest BCUT2D eigenvalue weighted by Crippen LogP contribution is 2.46. The van der Waals surface area contributed by atoms with E-state index in [1.807, 2.05) is 48.5 Å². The predicted molar refractivity (Wildman–Crippen MR) is 95.8 cm³/mol. The molecule has 0 spiro atoms. The topological polar surface area (TPSA) is 46.6 Å². The van der Waals surface area contributed by atoms with Crippen LogP contribution in [-0.4, -0.2) is 18.5 Å². The lowest BCUT2D eigenvalue weighted by Gasteiger charge is -2.23. The fraction of sp³-hybridized carbons (Fsp3) is 0.263. The van der Waals surface area contributed by atoms with E-state index in [9.17, 15) is 9.59 Å². The summed E-state index contributed by atoms with van der Waals surface area (Å²) in [5.74, 6) is -0.773. The van der Waals surface area contributed by atoms with Crippen LogP contribution < -0.4 is 4.90 Å². The molecule has 0 bridgehead atoms. The number of hydrogen-bond acceptors (Lipinski definition) is 3. The SMILES string of the molecule is CCOC(=O)C1(C)C(=O)N(Cc2ccccc2)c2cccc(Br)c21. The van der Waals surface area contributed by atoms with Crippen LogP contribution in [0.1, 0.15) is 25.0 Å². The lowest BCUT2D eigenvalue weighted by molar-refractivity contribution is -0.152. The predicted octanol–water partition coefficient (Wildman–Crippen LogP) is 3.82. The van der Waals surface area contributed by atoms with E-state index in [2.05, 4.69) is 15.9 Å². The minimum absolute atomic E-state index is 0.236. The molecule has 1 heterocycles. The summed E-state index contributed by atoms with van der Waals surface area (Å²) < 4.78 is 5.94. The smallest absolute Gasteiger partial charge is 0.326 e. The average molecular weight is 388 g/mol. The van der Waals surface area contributed by atoms with E-state index in [-0.39, 0.29) is 12.5 Å². The summed E-state index contributed by atoms with van der Waals surface area (Å²) in [4.78, 5) is 27.4. The van der Waals surface area contributed by atoms with E-state index in [4.69, 9.17) is 4.74 Å². The van der Waals surface area contributed by atoms with Crippen molar-refractivity contribution in [1.82, 2.24) is 0 Å². The van der Waals surface area contributed by atoms with Crippen LogP contribution in [0.4, 0.5) is 5.69 Å². The Balaban J connectivity index is 2.09. The molecule has 0 saturated heterocycles. The summed E-state index contributed by atoms with van der Waals surface area (Å²) >= 11 is 3.50. The van der Waals surface area contributed by atoms with E-state index in [1.165, 1.54) is 0 Å². The van der Waals surface area contributed by atoms with Gasteiger partial charge in [-0.05, 0) is 31.5 Å². The Kier molecular flexibility index (Phi) is 4.45. The van der Waals surface area contributed by atoms with Crippen molar-refractivity contribution in [1.29, 1.82) is 0 Å². The van der Waals surface area contributed by atoms with Gasteiger partial charge in [0.25, 0.3) is 0 Å². The Bertz CT molecular complexity index is 790. The van der Waals surface area contributed by atoms with Crippen LogP contribution in [0.15, 0.2) is 53.0 Å². The summed E-state index contributed by atoms with van der Waals surface area (Å²) in [7, 11) is 0. The molecule has 0 aliphatic carbocycles. The van der Waals surface area contributed by atoms with Crippen molar-refractivity contribution in [3.05, 3.63) is 64.1 Å². The lowest BCUT2D eigenvalue weighted by atomic mass is 9.84. The van der Waals surface area contributed by atoms with Crippen LogP contribution in [0.2, 0.25) is 0 Å². The number of esters is 1. The van der Waals surface area contributed by atoms with Gasteiger partial charge >= 0.3 is 5.97 Å². The molecule has 1 amide bonds. The maximum absolute atomic E-state index is 13.2. The molecule has 0 saturated carbocycles. The lowest BCUT2D eigenvalue weighted by Crippen LogP contribution is -2.44. The second kappa shape index (κ2) is 6.40. The van der Waals surface area contributed by atoms with Crippen LogP contribution in [0, 0.1) is 0 Å². The highest BCUT2D eigenvalue weighted by atomic mass is 79.9. The number of fused-ring (bicyclic) bond motifs is 1. The molecular formula is C19H18BrNO3. The van der Waals surface area contributed by atoms with Gasteiger partial charge in [-0.2, -0.15) is 0 Å². The Labute approximate surface area is 149 Å². The third-order valence-corrected chi connectivity index (χ3v) is 4.98. The molecule has 24 heavy (non-hydrogen) atoms. The first-order valence-corrected chi connectivity index (χ1v) is 8.61. The summed E-state index contributed by atoms with van der Waals surface area (Å²) in [5, 5.41) is 0. The third kappa shape index (κ3) is 2.53. The normalized spacial score (nSPS) is 19.3. The molecule has 124 valence electrons. The van der Waals surface area contributed by atoms with E-state index in [0.717, 1.165) is 15.7 Å². The number of nitrogens with zero attached hydrogens (tertiary/aromatic N) is 1. The van der Waals surface area contributed by atoms with Gasteiger partial charge < -0.3 is 9.64 Å². The number of benzene rings is 2. The van der Waals surface area contributed by atoms with Gasteiger partial charge in [0.05, 0.1) is 18.8 Å². The van der Waals surface area contributed by atoms with Crippen LogP contribution in [0.3, 0.4) is 0 Å². The zero-order valence-electron chi connectivity index (χ0n) is 13.6. The molecule has 1 aliphatic heterocycles. The number of hydrogen-bond donors (Lipinski definition) is 0. The molecule has 2 aromatic carbocycles. The molecule has 5 heteroatoms. The van der Waals surface area contributed by atoms with Crippen LogP contribution in [0.25, 0.3) is 0 Å². The van der Waals surface area contributed by atoms with E-state index < -0.39 is 11.4 Å². The first-order valence-electron chi connectivity index (χ1n) is 7.82. The first-order chi connectivity index (χ1) is 11.5. The van der Waals surface area contributed by atoms with Crippen molar-refractivity contribution in [2.24, 2.45) is 0 Å². The monoisotopic (exact) mass is 387 g/mol. The van der Waals surface area contributed by atoms with Gasteiger partial charge in [-0.3, -0.25) is 9.59 Å². The van der Waals surface area contributed by atoms with Crippen molar-refractivity contribution in [2.75, 3.05) is 11.5 Å². The van der Waals surface area contributed by atoms with Crippen molar-refractivity contribution in [3.63, 3.8) is 0 Å². The standard InChI is InChI=1S/C19H18BrNO3/c1-3-24-18(23)19(2)16-14(20)10-7-11-15(16)21(17(19)22)12-13-8-5-4-6-9-13/h4-11H,3,12H2,1-2H3. The van der Waals surface area contributed by atoms with Gasteiger partial charge in [-0.15, -0.1) is 0 Å². The van der Waals surface area contributed by atoms with Crippen molar-refractivity contribution in [2.45, 2.75) is 25.8 Å². The largest absolute Gasteiger partial charge is 0.465 e. The number of amides is 1. The van der Waals surface area contributed by atoms with Crippen LogP contribution in [-0.2, 0) is 26.3 Å². The van der Waals surface area contributed by atoms with Crippen molar-refractivity contribution < 1.29 is 14.3 Å². The van der Waals surface area contributed by atoms with Gasteiger partial charge in [0.15, 0.2) is 5.41 Å². The zero-order valence-corrected chi connectivity index (χ0v) is 15.2. The molecule has 2 aromatic rings. The summed E-state index contributed by atoms with van der Waals surface area (Å²) in [6.07, 6.45) is 0. The number of ether oxygens (including phenoxy) is 1. The van der Waals surface area contributed by atoms with Crippen molar-refractivity contribution >= 4 is 33.5 Å². The van der Waals surface area contributed by atoms with Crippen molar-refractivity contribution in [3.8, 4) is 0 Å².